The number of ether oxygens (including phenoxy) is 3. The minimum Gasteiger partial charge on any atom is -0.466 e. The maximum Gasteiger partial charge on any atom is 0.354 e. The monoisotopic (exact) mass is 325 g/mol. The molecule has 0 aliphatic rings. The van der Waals surface area contributed by atoms with E-state index in [1.165, 1.54) is 13.0 Å². The average molecular weight is 325 g/mol. The number of esters is 3. The quantitative estimate of drug-likeness (QED) is 0.499. The van der Waals surface area contributed by atoms with Gasteiger partial charge in [0, 0.05) is 11.3 Å². The Kier molecular flexibility index (Phi) is 6.25. The molecule has 0 aliphatic heterocycles. The lowest BCUT2D eigenvalue weighted by molar-refractivity contribution is -0.138. The van der Waals surface area contributed by atoms with Gasteiger partial charge in [-0.15, -0.1) is 0 Å². The molecule has 0 saturated carbocycles. The van der Waals surface area contributed by atoms with Crippen LogP contribution in [0.25, 0.3) is 0 Å². The van der Waals surface area contributed by atoms with Gasteiger partial charge in [0.25, 0.3) is 0 Å². The lowest BCUT2D eigenvalue weighted by atomic mass is 10.1. The molecule has 0 unspecified atom stereocenters. The summed E-state index contributed by atoms with van der Waals surface area (Å²) in [6, 6.07) is 2.30. The third kappa shape index (κ3) is 4.53. The van der Waals surface area contributed by atoms with Crippen LogP contribution >= 0.6 is 0 Å². The Balaban J connectivity index is 3.30. The Bertz CT molecular complexity index is 668. The van der Waals surface area contributed by atoms with Crippen LogP contribution in [0.3, 0.4) is 0 Å². The zero-order valence-electron chi connectivity index (χ0n) is 13.1. The van der Waals surface area contributed by atoms with Crippen LogP contribution in [0.5, 0.6) is 0 Å². The first-order chi connectivity index (χ1) is 10.8. The Hall–Kier alpha value is -2.90. The molecule has 1 rings (SSSR count). The number of hydrogen-bond donors (Lipinski definition) is 1. The van der Waals surface area contributed by atoms with Crippen LogP contribution in [-0.2, 0) is 23.8 Å². The molecule has 1 aromatic rings. The summed E-state index contributed by atoms with van der Waals surface area (Å²) in [5, 5.41) is 2.56. The third-order valence-corrected chi connectivity index (χ3v) is 2.90. The van der Waals surface area contributed by atoms with Gasteiger partial charge in [-0.05, 0) is 19.1 Å². The van der Waals surface area contributed by atoms with Crippen LogP contribution in [0.4, 0.5) is 10.1 Å². The molecular weight excluding hydrogens is 309 g/mol. The number of nitrogens with one attached hydrogen (secondary N) is 1. The van der Waals surface area contributed by atoms with Gasteiger partial charge in [0.1, 0.15) is 11.5 Å². The lowest BCUT2D eigenvalue weighted by Crippen LogP contribution is -2.16. The first-order valence-corrected chi connectivity index (χ1v) is 6.37. The molecule has 0 heterocycles. The van der Waals surface area contributed by atoms with Crippen LogP contribution in [-0.4, -0.2) is 39.2 Å². The Morgan fingerprint density at radius 3 is 2.26 bits per heavy atom. The van der Waals surface area contributed by atoms with Crippen molar-refractivity contribution < 1.29 is 33.0 Å². The molecule has 0 fully saturated rings. The first-order valence-electron chi connectivity index (χ1n) is 6.37. The van der Waals surface area contributed by atoms with Crippen molar-refractivity contribution in [3.63, 3.8) is 0 Å². The van der Waals surface area contributed by atoms with Crippen molar-refractivity contribution in [1.82, 2.24) is 0 Å². The number of hydrogen-bond acceptors (Lipinski definition) is 7. The van der Waals surface area contributed by atoms with Gasteiger partial charge in [0.05, 0.1) is 33.0 Å². The SMILES string of the molecule is COC(=O)/C=C(/Nc1cc(C(=O)OC)cc(F)c1C)C(=O)OC. The van der Waals surface area contributed by atoms with Gasteiger partial charge in [-0.2, -0.15) is 0 Å². The van der Waals surface area contributed by atoms with Gasteiger partial charge in [-0.1, -0.05) is 0 Å². The van der Waals surface area contributed by atoms with E-state index in [2.05, 4.69) is 19.5 Å². The second-order valence-corrected chi connectivity index (χ2v) is 4.32. The number of anilines is 1. The van der Waals surface area contributed by atoms with Gasteiger partial charge >= 0.3 is 17.9 Å². The molecule has 0 radical (unpaired) electrons. The van der Waals surface area contributed by atoms with Crippen molar-refractivity contribution in [2.24, 2.45) is 0 Å². The van der Waals surface area contributed by atoms with Crippen LogP contribution in [0.1, 0.15) is 15.9 Å². The Morgan fingerprint density at radius 2 is 1.74 bits per heavy atom. The van der Waals surface area contributed by atoms with Crippen molar-refractivity contribution in [3.05, 3.63) is 40.8 Å². The molecule has 0 amide bonds. The van der Waals surface area contributed by atoms with Crippen molar-refractivity contribution in [3.8, 4) is 0 Å². The van der Waals surface area contributed by atoms with E-state index in [1.807, 2.05) is 0 Å². The zero-order valence-corrected chi connectivity index (χ0v) is 13.1. The predicted octanol–water partition coefficient (Wildman–Crippen LogP) is 1.56. The first kappa shape index (κ1) is 18.1. The van der Waals surface area contributed by atoms with Crippen LogP contribution in [0.15, 0.2) is 23.9 Å². The molecule has 0 spiro atoms. The van der Waals surface area contributed by atoms with E-state index < -0.39 is 23.7 Å². The summed E-state index contributed by atoms with van der Waals surface area (Å²) < 4.78 is 27.4. The lowest BCUT2D eigenvalue weighted by Gasteiger charge is -2.13. The average Bonchev–Trinajstić information content (AvgIpc) is 2.55. The minimum atomic E-state index is -0.862. The van der Waals surface area contributed by atoms with Gasteiger partial charge in [0.15, 0.2) is 0 Å². The normalized spacial score (nSPS) is 10.7. The van der Waals surface area contributed by atoms with E-state index in [1.54, 1.807) is 0 Å². The van der Waals surface area contributed by atoms with E-state index >= 15 is 0 Å². The second-order valence-electron chi connectivity index (χ2n) is 4.32. The molecule has 0 atom stereocenters. The summed E-state index contributed by atoms with van der Waals surface area (Å²) in [6.45, 7) is 1.44. The van der Waals surface area contributed by atoms with Gasteiger partial charge in [-0.25, -0.2) is 18.8 Å². The third-order valence-electron chi connectivity index (χ3n) is 2.90. The van der Waals surface area contributed by atoms with E-state index in [0.29, 0.717) is 0 Å². The maximum atomic E-state index is 13.9. The van der Waals surface area contributed by atoms with Crippen molar-refractivity contribution >= 4 is 23.6 Å². The molecule has 0 aliphatic carbocycles. The molecule has 0 saturated heterocycles. The van der Waals surface area contributed by atoms with Crippen molar-refractivity contribution in [2.75, 3.05) is 26.6 Å². The molecule has 1 aromatic carbocycles. The van der Waals surface area contributed by atoms with E-state index in [9.17, 15) is 18.8 Å². The summed E-state index contributed by atoms with van der Waals surface area (Å²) in [5.41, 5.74) is -0.0903. The highest BCUT2D eigenvalue weighted by Crippen LogP contribution is 2.23. The molecule has 23 heavy (non-hydrogen) atoms. The summed E-state index contributed by atoms with van der Waals surface area (Å²) in [7, 11) is 3.41. The van der Waals surface area contributed by atoms with Gasteiger partial charge in [0.2, 0.25) is 0 Å². The summed E-state index contributed by atoms with van der Waals surface area (Å²) >= 11 is 0. The Morgan fingerprint density at radius 1 is 1.09 bits per heavy atom. The zero-order chi connectivity index (χ0) is 17.6. The van der Waals surface area contributed by atoms with Crippen LogP contribution < -0.4 is 5.32 Å². The van der Waals surface area contributed by atoms with Crippen LogP contribution in [0, 0.1) is 12.7 Å². The number of carbonyl (C=O) groups excluding carboxylic acids is 3. The van der Waals surface area contributed by atoms with Gasteiger partial charge < -0.3 is 19.5 Å². The molecule has 0 aromatic heterocycles. The fourth-order valence-corrected chi connectivity index (χ4v) is 1.62. The standard InChI is InChI=1S/C15H16FNO6/c1-8-10(16)5-9(14(19)22-3)6-11(8)17-12(15(20)23-4)7-13(18)21-2/h5-7,17H,1-4H3/b12-7+. The summed E-state index contributed by atoms with van der Waals surface area (Å²) in [4.78, 5) is 34.5. The largest absolute Gasteiger partial charge is 0.466 e. The van der Waals surface area contributed by atoms with Crippen LogP contribution in [0.2, 0.25) is 0 Å². The highest BCUT2D eigenvalue weighted by molar-refractivity contribution is 5.99. The summed E-state index contributed by atoms with van der Waals surface area (Å²) in [5.74, 6) is -3.10. The highest BCUT2D eigenvalue weighted by Gasteiger charge is 2.17. The Labute approximate surface area is 132 Å². The van der Waals surface area contributed by atoms with E-state index in [-0.39, 0.29) is 22.5 Å². The number of carbonyl (C=O) groups is 3. The number of benzene rings is 1. The predicted molar refractivity (Wildman–Crippen MR) is 78.2 cm³/mol. The van der Waals surface area contributed by atoms with E-state index in [0.717, 1.165) is 33.5 Å². The summed E-state index contributed by atoms with van der Waals surface area (Å²) in [6.07, 6.45) is 0.855. The van der Waals surface area contributed by atoms with Gasteiger partial charge in [-0.3, -0.25) is 0 Å². The topological polar surface area (TPSA) is 90.9 Å². The molecule has 124 valence electrons. The molecule has 7 nitrogen and oxygen atoms in total. The van der Waals surface area contributed by atoms with Crippen molar-refractivity contribution in [1.29, 1.82) is 0 Å². The minimum absolute atomic E-state index is 0.0552. The number of methoxy groups -OCH3 is 3. The molecule has 1 N–H and O–H groups in total. The fourth-order valence-electron chi connectivity index (χ4n) is 1.62. The smallest absolute Gasteiger partial charge is 0.354 e. The number of rotatable bonds is 5. The fraction of sp³-hybridized carbons (Fsp3) is 0.267. The van der Waals surface area contributed by atoms with E-state index in [4.69, 9.17) is 0 Å². The molecule has 8 heteroatoms. The highest BCUT2D eigenvalue weighted by atomic mass is 19.1. The second kappa shape index (κ2) is 7.92. The molecular formula is C15H16FNO6. The number of halogens is 1. The van der Waals surface area contributed by atoms with Crippen molar-refractivity contribution in [2.45, 2.75) is 6.92 Å². The molecule has 0 bridgehead atoms. The maximum absolute atomic E-state index is 13.9.